The zero-order chi connectivity index (χ0) is 19.7. The third-order valence-electron chi connectivity index (χ3n) is 5.64. The smallest absolute Gasteiger partial charge is 0.236 e. The van der Waals surface area contributed by atoms with Crippen molar-refractivity contribution in [1.29, 1.82) is 0 Å². The van der Waals surface area contributed by atoms with Gasteiger partial charge in [0.1, 0.15) is 5.75 Å². The molecule has 4 rings (SSSR count). The molecule has 0 fully saturated rings. The molecule has 3 atom stereocenters. The highest BCUT2D eigenvalue weighted by molar-refractivity contribution is 5.99. The molecule has 0 saturated carbocycles. The van der Waals surface area contributed by atoms with Crippen molar-refractivity contribution in [3.05, 3.63) is 71.3 Å². The number of rotatable bonds is 4. The number of anilines is 1. The quantitative estimate of drug-likeness (QED) is 0.473. The van der Waals surface area contributed by atoms with E-state index in [1.807, 2.05) is 19.1 Å². The van der Waals surface area contributed by atoms with Crippen molar-refractivity contribution < 1.29 is 9.53 Å². The minimum atomic E-state index is -0.167. The summed E-state index contributed by atoms with van der Waals surface area (Å²) in [7, 11) is 1.69. The predicted molar refractivity (Wildman–Crippen MR) is 112 cm³/mol. The van der Waals surface area contributed by atoms with Crippen LogP contribution in [0.1, 0.15) is 48.9 Å². The molecule has 2 aromatic carbocycles. The average Bonchev–Trinajstić information content (AvgIpc) is 3.21. The maximum absolute atomic E-state index is 11.1. The molecule has 0 spiro atoms. The third kappa shape index (κ3) is 3.40. The number of carbonyl (C=O) groups excluding carboxylic acids is 1. The standard InChI is InChI=1S/C23H25N3O2/c1-14(25-26-15(2)27)17-9-12-22-21(13-17)19-5-4-6-20(19)23(24-22)16-7-10-18(28-3)11-8-16/h4-5,7-13,19-20,23-24H,6H2,1-3H3,(H,26,27)/b25-14-/t19-,20+,23+/m1/s1. The van der Waals surface area contributed by atoms with Gasteiger partial charge in [0.05, 0.1) is 18.9 Å². The summed E-state index contributed by atoms with van der Waals surface area (Å²) in [4.78, 5) is 11.1. The molecule has 1 aliphatic heterocycles. The molecule has 0 unspecified atom stereocenters. The van der Waals surface area contributed by atoms with Crippen LogP contribution in [-0.4, -0.2) is 18.7 Å². The van der Waals surface area contributed by atoms with Crippen LogP contribution in [0.3, 0.4) is 0 Å². The number of carbonyl (C=O) groups is 1. The van der Waals surface area contributed by atoms with E-state index < -0.39 is 0 Å². The summed E-state index contributed by atoms with van der Waals surface area (Å²) in [5.74, 6) is 1.56. The molecule has 1 aliphatic carbocycles. The summed E-state index contributed by atoms with van der Waals surface area (Å²) in [6, 6.07) is 15.0. The van der Waals surface area contributed by atoms with E-state index >= 15 is 0 Å². The molecule has 0 radical (unpaired) electrons. The van der Waals surface area contributed by atoms with E-state index in [0.29, 0.717) is 11.8 Å². The molecule has 0 bridgehead atoms. The zero-order valence-corrected chi connectivity index (χ0v) is 16.4. The fourth-order valence-electron chi connectivity index (χ4n) is 4.19. The molecule has 5 heteroatoms. The van der Waals surface area contributed by atoms with Crippen molar-refractivity contribution >= 4 is 17.3 Å². The minimum Gasteiger partial charge on any atom is -0.497 e. The lowest BCUT2D eigenvalue weighted by molar-refractivity contribution is -0.118. The van der Waals surface area contributed by atoms with E-state index in [0.717, 1.165) is 29.1 Å². The number of nitrogens with one attached hydrogen (secondary N) is 2. The second-order valence-corrected chi connectivity index (χ2v) is 7.42. The Balaban J connectivity index is 1.66. The predicted octanol–water partition coefficient (Wildman–Crippen LogP) is 4.38. The van der Waals surface area contributed by atoms with Gasteiger partial charge in [0.2, 0.25) is 5.91 Å². The molecule has 144 valence electrons. The van der Waals surface area contributed by atoms with Crippen LogP contribution in [0.5, 0.6) is 5.75 Å². The number of hydrogen-bond donors (Lipinski definition) is 2. The number of amides is 1. The number of methoxy groups -OCH3 is 1. The SMILES string of the molecule is COc1ccc([C@@H]2Nc3ccc(/C(C)=N\NC(C)=O)cc3[C@@H]3C=CC[C@@H]32)cc1. The first-order chi connectivity index (χ1) is 13.6. The first-order valence-electron chi connectivity index (χ1n) is 9.59. The van der Waals surface area contributed by atoms with E-state index in [-0.39, 0.29) is 11.9 Å². The van der Waals surface area contributed by atoms with Crippen LogP contribution in [0, 0.1) is 5.92 Å². The Hall–Kier alpha value is -3.08. The number of ether oxygens (including phenoxy) is 1. The van der Waals surface area contributed by atoms with E-state index in [2.05, 4.69) is 58.3 Å². The Bertz CT molecular complexity index is 947. The van der Waals surface area contributed by atoms with E-state index in [9.17, 15) is 4.79 Å². The summed E-state index contributed by atoms with van der Waals surface area (Å²) in [6.45, 7) is 3.37. The highest BCUT2D eigenvalue weighted by Crippen LogP contribution is 2.50. The van der Waals surface area contributed by atoms with Gasteiger partial charge in [-0.3, -0.25) is 4.79 Å². The zero-order valence-electron chi connectivity index (χ0n) is 16.4. The number of nitrogens with zero attached hydrogens (tertiary/aromatic N) is 1. The van der Waals surface area contributed by atoms with Crippen molar-refractivity contribution in [2.24, 2.45) is 11.0 Å². The lowest BCUT2D eigenvalue weighted by Gasteiger charge is -2.37. The number of allylic oxidation sites excluding steroid dienone is 2. The van der Waals surface area contributed by atoms with Gasteiger partial charge in [-0.25, -0.2) is 5.43 Å². The summed E-state index contributed by atoms with van der Waals surface area (Å²) >= 11 is 0. The largest absolute Gasteiger partial charge is 0.497 e. The molecule has 1 heterocycles. The molecule has 5 nitrogen and oxygen atoms in total. The van der Waals surface area contributed by atoms with Crippen LogP contribution >= 0.6 is 0 Å². The normalized spacial score (nSPS) is 22.8. The summed E-state index contributed by atoms with van der Waals surface area (Å²) < 4.78 is 5.30. The Morgan fingerprint density at radius 1 is 1.18 bits per heavy atom. The Morgan fingerprint density at radius 2 is 1.96 bits per heavy atom. The first kappa shape index (κ1) is 18.3. The van der Waals surface area contributed by atoms with Gasteiger partial charge in [-0.1, -0.05) is 30.4 Å². The van der Waals surface area contributed by atoms with E-state index in [1.165, 1.54) is 18.1 Å². The molecule has 0 saturated heterocycles. The topological polar surface area (TPSA) is 62.7 Å². The van der Waals surface area contributed by atoms with Crippen LogP contribution in [-0.2, 0) is 4.79 Å². The van der Waals surface area contributed by atoms with E-state index in [1.54, 1.807) is 7.11 Å². The number of fused-ring (bicyclic) bond motifs is 3. The van der Waals surface area contributed by atoms with Crippen LogP contribution in [0.4, 0.5) is 5.69 Å². The van der Waals surface area contributed by atoms with Gasteiger partial charge in [-0.05, 0) is 60.2 Å². The van der Waals surface area contributed by atoms with Gasteiger partial charge in [0.25, 0.3) is 0 Å². The fraction of sp³-hybridized carbons (Fsp3) is 0.304. The molecule has 2 N–H and O–H groups in total. The third-order valence-corrected chi connectivity index (χ3v) is 5.64. The molecular weight excluding hydrogens is 350 g/mol. The van der Waals surface area contributed by atoms with Gasteiger partial charge in [0, 0.05) is 18.5 Å². The Labute approximate surface area is 165 Å². The highest BCUT2D eigenvalue weighted by Gasteiger charge is 2.37. The van der Waals surface area contributed by atoms with Gasteiger partial charge < -0.3 is 10.1 Å². The van der Waals surface area contributed by atoms with Crippen LogP contribution < -0.4 is 15.5 Å². The maximum Gasteiger partial charge on any atom is 0.236 e. The van der Waals surface area contributed by atoms with Gasteiger partial charge >= 0.3 is 0 Å². The molecule has 28 heavy (non-hydrogen) atoms. The Kier molecular flexibility index (Phi) is 4.90. The summed E-state index contributed by atoms with van der Waals surface area (Å²) in [5.41, 5.74) is 8.06. The molecule has 2 aromatic rings. The van der Waals surface area contributed by atoms with Crippen molar-refractivity contribution in [3.63, 3.8) is 0 Å². The second kappa shape index (κ2) is 7.50. The van der Waals surface area contributed by atoms with Crippen molar-refractivity contribution in [2.45, 2.75) is 32.2 Å². The number of hydrogen-bond acceptors (Lipinski definition) is 4. The number of benzene rings is 2. The van der Waals surface area contributed by atoms with Crippen molar-refractivity contribution in [2.75, 3.05) is 12.4 Å². The number of hydrazone groups is 1. The van der Waals surface area contributed by atoms with E-state index in [4.69, 9.17) is 4.74 Å². The molecule has 2 aliphatic rings. The Morgan fingerprint density at radius 3 is 2.68 bits per heavy atom. The molecule has 0 aromatic heterocycles. The van der Waals surface area contributed by atoms with Crippen LogP contribution in [0.2, 0.25) is 0 Å². The van der Waals surface area contributed by atoms with Crippen LogP contribution in [0.15, 0.2) is 59.7 Å². The molecule has 1 amide bonds. The maximum atomic E-state index is 11.1. The van der Waals surface area contributed by atoms with Crippen molar-refractivity contribution in [3.8, 4) is 5.75 Å². The summed E-state index contributed by atoms with van der Waals surface area (Å²) in [5, 5.41) is 7.92. The monoisotopic (exact) mass is 375 g/mol. The van der Waals surface area contributed by atoms with Gasteiger partial charge in [-0.2, -0.15) is 5.10 Å². The van der Waals surface area contributed by atoms with Crippen LogP contribution in [0.25, 0.3) is 0 Å². The minimum absolute atomic E-state index is 0.167. The summed E-state index contributed by atoms with van der Waals surface area (Å²) in [6.07, 6.45) is 5.66. The van der Waals surface area contributed by atoms with Gasteiger partial charge in [0.15, 0.2) is 0 Å². The van der Waals surface area contributed by atoms with Gasteiger partial charge in [-0.15, -0.1) is 0 Å². The fourth-order valence-corrected chi connectivity index (χ4v) is 4.19. The average molecular weight is 375 g/mol. The second-order valence-electron chi connectivity index (χ2n) is 7.42. The van der Waals surface area contributed by atoms with Crippen molar-refractivity contribution in [1.82, 2.24) is 5.43 Å². The molecular formula is C23H25N3O2. The highest BCUT2D eigenvalue weighted by atomic mass is 16.5. The first-order valence-corrected chi connectivity index (χ1v) is 9.59. The lowest BCUT2D eigenvalue weighted by atomic mass is 9.76. The lowest BCUT2D eigenvalue weighted by Crippen LogP contribution is -2.29.